The van der Waals surface area contributed by atoms with Gasteiger partial charge in [-0.15, -0.1) is 0 Å². The first-order valence-electron chi connectivity index (χ1n) is 6.83. The average Bonchev–Trinajstić information content (AvgIpc) is 3.04. The zero-order valence-electron chi connectivity index (χ0n) is 11.5. The molecule has 1 aromatic carbocycles. The lowest BCUT2D eigenvalue weighted by Gasteiger charge is -1.97. The van der Waals surface area contributed by atoms with Crippen LogP contribution in [0.15, 0.2) is 60.5 Å². The highest BCUT2D eigenvalue weighted by atomic mass is 16.1. The lowest BCUT2D eigenvalue weighted by atomic mass is 10.1. The molecule has 0 radical (unpaired) electrons. The molecule has 0 spiro atoms. The summed E-state index contributed by atoms with van der Waals surface area (Å²) >= 11 is 0. The van der Waals surface area contributed by atoms with Crippen molar-refractivity contribution in [3.05, 3.63) is 82.1 Å². The minimum Gasteiger partial charge on any atom is -0.368 e. The number of carbonyl (C=O) groups excluding carboxylic acids is 1. The average molecular weight is 273 g/mol. The Balaban J connectivity index is 0.000000160. The number of allylic oxidation sites excluding steroid dienone is 6. The summed E-state index contributed by atoms with van der Waals surface area (Å²) in [6.45, 7) is 0. The van der Waals surface area contributed by atoms with E-state index in [0.29, 0.717) is 0 Å². The van der Waals surface area contributed by atoms with Crippen molar-refractivity contribution in [2.75, 3.05) is 0 Å². The van der Waals surface area contributed by atoms with Crippen LogP contribution in [0.5, 0.6) is 0 Å². The number of hydrogen-bond acceptors (Lipinski definition) is 2. The first kappa shape index (κ1) is 13.1. The van der Waals surface area contributed by atoms with Gasteiger partial charge in [0, 0.05) is 18.0 Å². The van der Waals surface area contributed by atoms with E-state index in [2.05, 4.69) is 29.6 Å². The van der Waals surface area contributed by atoms with Crippen molar-refractivity contribution in [1.29, 1.82) is 0 Å². The maximum Gasteiger partial charge on any atom is 0.150 e. The van der Waals surface area contributed by atoms with Gasteiger partial charge in [0.15, 0.2) is 0 Å². The van der Waals surface area contributed by atoms with Crippen molar-refractivity contribution in [3.8, 4) is 0 Å². The smallest absolute Gasteiger partial charge is 0.150 e. The maximum atomic E-state index is 10.7. The predicted octanol–water partition coefficient (Wildman–Crippen LogP) is 2.04. The Hall–Kier alpha value is -2.87. The van der Waals surface area contributed by atoms with E-state index in [0.717, 1.165) is 17.1 Å². The van der Waals surface area contributed by atoms with Crippen LogP contribution in [-0.4, -0.2) is 6.29 Å². The molecular formula is C19H15NO. The Morgan fingerprint density at radius 1 is 0.810 bits per heavy atom. The van der Waals surface area contributed by atoms with Crippen LogP contribution in [0.1, 0.15) is 11.1 Å². The Bertz CT molecular complexity index is 819. The summed E-state index contributed by atoms with van der Waals surface area (Å²) in [5.74, 6) is 0. The number of aldehydes is 1. The molecule has 4 rings (SSSR count). The number of carbonyl (C=O) groups is 1. The fourth-order valence-corrected chi connectivity index (χ4v) is 2.40. The molecule has 2 nitrogen and oxygen atoms in total. The Morgan fingerprint density at radius 3 is 2.33 bits per heavy atom. The van der Waals surface area contributed by atoms with Crippen LogP contribution in [-0.2, 0) is 4.79 Å². The van der Waals surface area contributed by atoms with Crippen LogP contribution in [0.3, 0.4) is 0 Å². The number of nitrogens with one attached hydrogen (secondary N) is 1. The second kappa shape index (κ2) is 6.06. The third kappa shape index (κ3) is 2.84. The van der Waals surface area contributed by atoms with E-state index in [-0.39, 0.29) is 0 Å². The Kier molecular flexibility index (Phi) is 3.79. The number of hydrogen-bond donors (Lipinski definition) is 1. The molecule has 1 N–H and O–H groups in total. The second-order valence-corrected chi connectivity index (χ2v) is 4.77. The van der Waals surface area contributed by atoms with Crippen LogP contribution in [0, 0.1) is 0 Å². The fourth-order valence-electron chi connectivity index (χ4n) is 2.40. The molecule has 0 amide bonds. The van der Waals surface area contributed by atoms with Gasteiger partial charge in [-0.25, -0.2) is 0 Å². The van der Waals surface area contributed by atoms with Crippen molar-refractivity contribution in [1.82, 2.24) is 5.32 Å². The zero-order chi connectivity index (χ0) is 14.5. The summed E-state index contributed by atoms with van der Waals surface area (Å²) in [6.07, 6.45) is 22.6. The van der Waals surface area contributed by atoms with Crippen LogP contribution in [0.4, 0.5) is 0 Å². The lowest BCUT2D eigenvalue weighted by Crippen LogP contribution is -2.13. The molecular weight excluding hydrogens is 258 g/mol. The molecule has 0 aromatic heterocycles. The van der Waals surface area contributed by atoms with Gasteiger partial charge in [-0.05, 0) is 45.9 Å². The van der Waals surface area contributed by atoms with Gasteiger partial charge >= 0.3 is 0 Å². The van der Waals surface area contributed by atoms with E-state index in [1.165, 1.54) is 16.3 Å². The van der Waals surface area contributed by atoms with Gasteiger partial charge < -0.3 is 5.32 Å². The topological polar surface area (TPSA) is 29.1 Å². The van der Waals surface area contributed by atoms with Gasteiger partial charge in [0.1, 0.15) is 6.29 Å². The number of fused-ring (bicyclic) bond motifs is 3. The molecule has 0 fully saturated rings. The Labute approximate surface area is 123 Å². The SMILES string of the molecule is C1=CC=CNC=C1.O=CC1=Cc2c3c(ccc2=C1)=CC=C3. The number of benzene rings is 1. The second-order valence-electron chi connectivity index (χ2n) is 4.77. The molecule has 1 aliphatic heterocycles. The standard InChI is InChI=1S/C13H8O.C6H7N/c14-8-9-6-11-5-4-10-2-1-3-12(10)13(11)7-9;1-2-4-6-7-5-3-1/h1-8H;1-7H. The molecule has 1 aromatic rings. The molecule has 0 atom stereocenters. The van der Waals surface area contributed by atoms with Crippen molar-refractivity contribution >= 4 is 30.6 Å². The van der Waals surface area contributed by atoms with Crippen molar-refractivity contribution < 1.29 is 4.79 Å². The molecule has 0 unspecified atom stereocenters. The van der Waals surface area contributed by atoms with Crippen molar-refractivity contribution in [3.63, 3.8) is 0 Å². The Morgan fingerprint density at radius 2 is 1.57 bits per heavy atom. The minimum atomic E-state index is 0.758. The minimum absolute atomic E-state index is 0.758. The van der Waals surface area contributed by atoms with E-state index >= 15 is 0 Å². The zero-order valence-corrected chi connectivity index (χ0v) is 11.5. The van der Waals surface area contributed by atoms with E-state index < -0.39 is 0 Å². The maximum absolute atomic E-state index is 10.7. The van der Waals surface area contributed by atoms with Crippen LogP contribution >= 0.6 is 0 Å². The molecule has 0 saturated carbocycles. The van der Waals surface area contributed by atoms with Crippen LogP contribution in [0.2, 0.25) is 0 Å². The lowest BCUT2D eigenvalue weighted by molar-refractivity contribution is -0.104. The largest absolute Gasteiger partial charge is 0.368 e. The van der Waals surface area contributed by atoms with Crippen LogP contribution in [0.25, 0.3) is 24.3 Å². The molecule has 0 saturated heterocycles. The van der Waals surface area contributed by atoms with Gasteiger partial charge in [-0.2, -0.15) is 0 Å². The molecule has 2 aliphatic carbocycles. The monoisotopic (exact) mass is 273 g/mol. The summed E-state index contributed by atoms with van der Waals surface area (Å²) in [5, 5.41) is 5.30. The van der Waals surface area contributed by atoms with Gasteiger partial charge in [0.25, 0.3) is 0 Å². The first-order valence-corrected chi connectivity index (χ1v) is 6.83. The van der Waals surface area contributed by atoms with E-state index in [1.807, 2.05) is 54.9 Å². The first-order chi connectivity index (χ1) is 10.4. The fraction of sp³-hybridized carbons (Fsp3) is 0. The number of rotatable bonds is 1. The van der Waals surface area contributed by atoms with E-state index in [4.69, 9.17) is 0 Å². The normalized spacial score (nSPS) is 15.5. The van der Waals surface area contributed by atoms with Gasteiger partial charge in [-0.3, -0.25) is 4.79 Å². The molecule has 102 valence electrons. The highest BCUT2D eigenvalue weighted by Crippen LogP contribution is 2.15. The highest BCUT2D eigenvalue weighted by Gasteiger charge is 2.09. The van der Waals surface area contributed by atoms with Crippen molar-refractivity contribution in [2.24, 2.45) is 0 Å². The molecule has 0 bridgehead atoms. The highest BCUT2D eigenvalue weighted by molar-refractivity contribution is 5.97. The summed E-state index contributed by atoms with van der Waals surface area (Å²) in [6, 6.07) is 4.15. The van der Waals surface area contributed by atoms with Gasteiger partial charge in [0.2, 0.25) is 0 Å². The summed E-state index contributed by atoms with van der Waals surface area (Å²) in [7, 11) is 0. The van der Waals surface area contributed by atoms with E-state index in [9.17, 15) is 4.79 Å². The third-order valence-corrected chi connectivity index (χ3v) is 3.38. The predicted molar refractivity (Wildman–Crippen MR) is 88.3 cm³/mol. The molecule has 2 heteroatoms. The van der Waals surface area contributed by atoms with Gasteiger partial charge in [-0.1, -0.05) is 42.5 Å². The van der Waals surface area contributed by atoms with Crippen LogP contribution < -0.4 is 15.8 Å². The van der Waals surface area contributed by atoms with E-state index in [1.54, 1.807) is 0 Å². The summed E-state index contributed by atoms with van der Waals surface area (Å²) < 4.78 is 0. The summed E-state index contributed by atoms with van der Waals surface area (Å²) in [4.78, 5) is 10.7. The third-order valence-electron chi connectivity index (χ3n) is 3.38. The van der Waals surface area contributed by atoms with Crippen molar-refractivity contribution in [2.45, 2.75) is 0 Å². The molecule has 1 heterocycles. The molecule has 21 heavy (non-hydrogen) atoms. The quantitative estimate of drug-likeness (QED) is 0.793. The van der Waals surface area contributed by atoms with Gasteiger partial charge in [0.05, 0.1) is 0 Å². The molecule has 3 aliphatic rings. The summed E-state index contributed by atoms with van der Waals surface area (Å²) in [5.41, 5.74) is 3.17.